The summed E-state index contributed by atoms with van der Waals surface area (Å²) in [5, 5.41) is 10.3. The Hall–Kier alpha value is -1.30. The highest BCUT2D eigenvalue weighted by Crippen LogP contribution is 2.38. The van der Waals surface area contributed by atoms with E-state index in [2.05, 4.69) is 0 Å². The fourth-order valence-electron chi connectivity index (χ4n) is 2.89. The van der Waals surface area contributed by atoms with Crippen molar-refractivity contribution in [2.45, 2.75) is 17.7 Å². The lowest BCUT2D eigenvalue weighted by Gasteiger charge is -2.35. The van der Waals surface area contributed by atoms with Crippen LogP contribution >= 0.6 is 23.4 Å². The summed E-state index contributed by atoms with van der Waals surface area (Å²) < 4.78 is 0. The van der Waals surface area contributed by atoms with Gasteiger partial charge in [-0.15, -0.1) is 0 Å². The van der Waals surface area contributed by atoms with Gasteiger partial charge in [0.25, 0.3) is 0 Å². The molecule has 4 nitrogen and oxygen atoms in total. The molecule has 3 rings (SSSR count). The highest BCUT2D eigenvalue weighted by Gasteiger charge is 2.37. The molecule has 2 heterocycles. The maximum absolute atomic E-state index is 11.7. The summed E-state index contributed by atoms with van der Waals surface area (Å²) in [6.45, 7) is 1.15. The highest BCUT2D eigenvalue weighted by molar-refractivity contribution is 8.15. The van der Waals surface area contributed by atoms with Crippen molar-refractivity contribution >= 4 is 34.4 Å². The molecule has 6 heteroatoms. The van der Waals surface area contributed by atoms with Gasteiger partial charge < -0.3 is 5.11 Å². The molecule has 0 bridgehead atoms. The zero-order chi connectivity index (χ0) is 15.0. The summed E-state index contributed by atoms with van der Waals surface area (Å²) in [5.41, 5.74) is 1.62. The van der Waals surface area contributed by atoms with E-state index in [1.807, 2.05) is 4.90 Å². The second kappa shape index (κ2) is 5.83. The molecular formula is C15H14ClNO3S. The SMILES string of the molecule is O=C1C=C2CN(C(C(=O)O)c3ccccc3Cl)CCC2S1. The number of carboxylic acid groups (broad SMARTS) is 1. The molecule has 0 aliphatic carbocycles. The van der Waals surface area contributed by atoms with Crippen molar-refractivity contribution in [2.24, 2.45) is 0 Å². The maximum Gasteiger partial charge on any atom is 0.325 e. The molecule has 1 aromatic carbocycles. The van der Waals surface area contributed by atoms with Crippen LogP contribution in [0.25, 0.3) is 0 Å². The van der Waals surface area contributed by atoms with E-state index >= 15 is 0 Å². The standard InChI is InChI=1S/C15H14ClNO3S/c16-11-4-2-1-3-10(11)14(15(19)20)17-6-5-12-9(8-17)7-13(18)21-12/h1-4,7,12,14H,5-6,8H2,(H,19,20). The Labute approximate surface area is 131 Å². The van der Waals surface area contributed by atoms with Gasteiger partial charge in [-0.2, -0.15) is 0 Å². The number of carbonyl (C=O) groups excluding carboxylic acids is 1. The van der Waals surface area contributed by atoms with Crippen LogP contribution in [0.5, 0.6) is 0 Å². The molecule has 110 valence electrons. The molecule has 0 spiro atoms. The Bertz CT molecular complexity index is 631. The van der Waals surface area contributed by atoms with Crippen molar-refractivity contribution in [2.75, 3.05) is 13.1 Å². The van der Waals surface area contributed by atoms with Gasteiger partial charge >= 0.3 is 5.97 Å². The minimum atomic E-state index is -0.917. The number of likely N-dealkylation sites (tertiary alicyclic amines) is 1. The molecule has 1 aromatic rings. The molecular weight excluding hydrogens is 310 g/mol. The molecule has 1 N–H and O–H groups in total. The Balaban J connectivity index is 1.89. The zero-order valence-corrected chi connectivity index (χ0v) is 12.7. The van der Waals surface area contributed by atoms with E-state index in [0.29, 0.717) is 23.7 Å². The number of thioether (sulfide) groups is 1. The lowest BCUT2D eigenvalue weighted by atomic mass is 9.98. The average molecular weight is 324 g/mol. The van der Waals surface area contributed by atoms with E-state index in [0.717, 1.165) is 12.0 Å². The fourth-order valence-corrected chi connectivity index (χ4v) is 4.14. The number of nitrogens with zero attached hydrogens (tertiary/aromatic N) is 1. The van der Waals surface area contributed by atoms with Crippen molar-refractivity contribution in [1.29, 1.82) is 0 Å². The number of halogens is 1. The van der Waals surface area contributed by atoms with Crippen LogP contribution in [-0.4, -0.2) is 39.4 Å². The first-order valence-electron chi connectivity index (χ1n) is 6.68. The van der Waals surface area contributed by atoms with Crippen molar-refractivity contribution < 1.29 is 14.7 Å². The number of fused-ring (bicyclic) bond motifs is 1. The number of aliphatic carboxylic acids is 1. The summed E-state index contributed by atoms with van der Waals surface area (Å²) in [4.78, 5) is 25.1. The third kappa shape index (κ3) is 2.86. The van der Waals surface area contributed by atoms with E-state index in [9.17, 15) is 14.7 Å². The zero-order valence-electron chi connectivity index (χ0n) is 11.2. The number of rotatable bonds is 3. The Morgan fingerprint density at radius 2 is 2.19 bits per heavy atom. The monoisotopic (exact) mass is 323 g/mol. The van der Waals surface area contributed by atoms with Gasteiger partial charge in [0, 0.05) is 23.4 Å². The minimum absolute atomic E-state index is 0.0708. The van der Waals surface area contributed by atoms with Crippen molar-refractivity contribution in [3.8, 4) is 0 Å². The third-order valence-corrected chi connectivity index (χ3v) is 5.36. The maximum atomic E-state index is 11.7. The molecule has 1 fully saturated rings. The van der Waals surface area contributed by atoms with E-state index in [4.69, 9.17) is 11.6 Å². The number of carbonyl (C=O) groups is 2. The van der Waals surface area contributed by atoms with Crippen LogP contribution in [0.2, 0.25) is 5.02 Å². The van der Waals surface area contributed by atoms with Crippen LogP contribution in [0.3, 0.4) is 0 Å². The summed E-state index contributed by atoms with van der Waals surface area (Å²) in [6, 6.07) is 6.25. The largest absolute Gasteiger partial charge is 0.480 e. The van der Waals surface area contributed by atoms with Gasteiger partial charge in [-0.3, -0.25) is 14.5 Å². The Morgan fingerprint density at radius 3 is 2.90 bits per heavy atom. The second-order valence-corrected chi connectivity index (χ2v) is 6.78. The lowest BCUT2D eigenvalue weighted by Crippen LogP contribution is -2.41. The normalized spacial score (nSPS) is 23.6. The number of hydrogen-bond donors (Lipinski definition) is 1. The molecule has 2 atom stereocenters. The first-order chi connectivity index (χ1) is 10.1. The average Bonchev–Trinajstić information content (AvgIpc) is 2.80. The van der Waals surface area contributed by atoms with Gasteiger partial charge in [0.05, 0.1) is 0 Å². The van der Waals surface area contributed by atoms with E-state index in [1.54, 1.807) is 30.3 Å². The van der Waals surface area contributed by atoms with Crippen LogP contribution in [0.1, 0.15) is 18.0 Å². The topological polar surface area (TPSA) is 57.6 Å². The highest BCUT2D eigenvalue weighted by atomic mass is 35.5. The summed E-state index contributed by atoms with van der Waals surface area (Å²) in [5.74, 6) is -0.917. The number of benzene rings is 1. The number of hydrogen-bond acceptors (Lipinski definition) is 4. The third-order valence-electron chi connectivity index (χ3n) is 3.84. The molecule has 21 heavy (non-hydrogen) atoms. The summed E-state index contributed by atoms with van der Waals surface area (Å²) in [7, 11) is 0. The first-order valence-corrected chi connectivity index (χ1v) is 7.94. The predicted octanol–water partition coefficient (Wildman–Crippen LogP) is 2.74. The molecule has 0 radical (unpaired) electrons. The smallest absolute Gasteiger partial charge is 0.325 e. The summed E-state index contributed by atoms with van der Waals surface area (Å²) in [6.07, 6.45) is 2.43. The molecule has 0 saturated carbocycles. The van der Waals surface area contributed by atoms with Gasteiger partial charge in [-0.05, 0) is 29.7 Å². The van der Waals surface area contributed by atoms with E-state index in [-0.39, 0.29) is 10.4 Å². The Kier molecular flexibility index (Phi) is 4.06. The van der Waals surface area contributed by atoms with E-state index < -0.39 is 12.0 Å². The van der Waals surface area contributed by atoms with Crippen LogP contribution in [0, 0.1) is 0 Å². The molecule has 2 aliphatic rings. The van der Waals surface area contributed by atoms with Gasteiger partial charge in [0.2, 0.25) is 5.12 Å². The Morgan fingerprint density at radius 1 is 1.43 bits per heavy atom. The first kappa shape index (κ1) is 14.6. The molecule has 2 aliphatic heterocycles. The van der Waals surface area contributed by atoms with Gasteiger partial charge in [0.15, 0.2) is 0 Å². The predicted molar refractivity (Wildman–Crippen MR) is 82.5 cm³/mol. The van der Waals surface area contributed by atoms with Crippen LogP contribution in [0.4, 0.5) is 0 Å². The molecule has 0 amide bonds. The van der Waals surface area contributed by atoms with Crippen molar-refractivity contribution in [3.05, 3.63) is 46.5 Å². The quantitative estimate of drug-likeness (QED) is 0.927. The van der Waals surface area contributed by atoms with Crippen molar-refractivity contribution in [3.63, 3.8) is 0 Å². The number of carboxylic acids is 1. The van der Waals surface area contributed by atoms with Gasteiger partial charge in [-0.1, -0.05) is 41.6 Å². The minimum Gasteiger partial charge on any atom is -0.480 e. The van der Waals surface area contributed by atoms with Crippen LogP contribution in [-0.2, 0) is 9.59 Å². The van der Waals surface area contributed by atoms with Crippen LogP contribution < -0.4 is 0 Å². The summed E-state index contributed by atoms with van der Waals surface area (Å²) >= 11 is 7.49. The fraction of sp³-hybridized carbons (Fsp3) is 0.333. The molecule has 1 saturated heterocycles. The molecule has 0 aromatic heterocycles. The van der Waals surface area contributed by atoms with Crippen molar-refractivity contribution in [1.82, 2.24) is 4.90 Å². The number of piperidine rings is 1. The van der Waals surface area contributed by atoms with Crippen LogP contribution in [0.15, 0.2) is 35.9 Å². The lowest BCUT2D eigenvalue weighted by molar-refractivity contribution is -0.143. The molecule has 2 unspecified atom stereocenters. The van der Waals surface area contributed by atoms with Gasteiger partial charge in [-0.25, -0.2) is 0 Å². The van der Waals surface area contributed by atoms with Gasteiger partial charge in [0.1, 0.15) is 6.04 Å². The second-order valence-electron chi connectivity index (χ2n) is 5.17. The van der Waals surface area contributed by atoms with E-state index in [1.165, 1.54) is 11.8 Å².